The number of rotatable bonds is 4. The van der Waals surface area contributed by atoms with Crippen LogP contribution in [0.2, 0.25) is 0 Å². The van der Waals surface area contributed by atoms with Gasteiger partial charge in [0.05, 0.1) is 24.0 Å². The van der Waals surface area contributed by atoms with Crippen LogP contribution in [0.1, 0.15) is 19.5 Å². The van der Waals surface area contributed by atoms with Gasteiger partial charge in [0, 0.05) is 18.0 Å². The lowest BCUT2D eigenvalue weighted by Gasteiger charge is -2.16. The van der Waals surface area contributed by atoms with E-state index < -0.39 is 5.60 Å². The van der Waals surface area contributed by atoms with Gasteiger partial charge in [-0.1, -0.05) is 0 Å². The Bertz CT molecular complexity index is 494. The van der Waals surface area contributed by atoms with Crippen LogP contribution in [-0.4, -0.2) is 30.7 Å². The molecule has 0 aromatic carbocycles. The maximum atomic E-state index is 9.67. The van der Waals surface area contributed by atoms with E-state index in [9.17, 15) is 5.11 Å². The van der Waals surface area contributed by atoms with Crippen molar-refractivity contribution in [1.82, 2.24) is 20.0 Å². The zero-order chi connectivity index (χ0) is 12.5. The second-order valence-corrected chi connectivity index (χ2v) is 4.80. The zero-order valence-corrected chi connectivity index (χ0v) is 10.2. The summed E-state index contributed by atoms with van der Waals surface area (Å²) in [5, 5.41) is 23.9. The maximum Gasteiger partial charge on any atom is 0.152 e. The maximum absolute atomic E-state index is 9.67. The first kappa shape index (κ1) is 11.7. The Labute approximate surface area is 99.7 Å². The number of hydrogen-bond acceptors (Lipinski definition) is 4. The summed E-state index contributed by atoms with van der Waals surface area (Å²) in [4.78, 5) is 0. The number of H-pyrrole nitrogens is 1. The van der Waals surface area contributed by atoms with Crippen LogP contribution in [0, 0.1) is 6.92 Å². The second kappa shape index (κ2) is 4.21. The summed E-state index contributed by atoms with van der Waals surface area (Å²) >= 11 is 0. The number of aliphatic hydroxyl groups is 1. The predicted octanol–water partition coefficient (Wildman–Crippen LogP) is 1.43. The quantitative estimate of drug-likeness (QED) is 0.749. The van der Waals surface area contributed by atoms with Crippen LogP contribution in [-0.2, 0) is 6.54 Å². The minimum absolute atomic E-state index is 0.453. The first-order valence-electron chi connectivity index (χ1n) is 5.46. The molecule has 0 saturated carbocycles. The smallest absolute Gasteiger partial charge is 0.152 e. The number of nitrogens with zero attached hydrogens (tertiary/aromatic N) is 3. The van der Waals surface area contributed by atoms with E-state index in [4.69, 9.17) is 0 Å². The molecule has 0 aliphatic rings. The topological polar surface area (TPSA) is 78.8 Å². The Morgan fingerprint density at radius 3 is 2.88 bits per heavy atom. The van der Waals surface area contributed by atoms with E-state index in [0.717, 1.165) is 17.2 Å². The molecule has 0 spiro atoms. The van der Waals surface area contributed by atoms with Gasteiger partial charge >= 0.3 is 0 Å². The van der Waals surface area contributed by atoms with Crippen LogP contribution in [0.25, 0.3) is 0 Å². The van der Waals surface area contributed by atoms with E-state index in [1.165, 1.54) is 0 Å². The van der Waals surface area contributed by atoms with Gasteiger partial charge in [0.1, 0.15) is 0 Å². The summed E-state index contributed by atoms with van der Waals surface area (Å²) in [6.07, 6.45) is 3.54. The Morgan fingerprint density at radius 2 is 2.29 bits per heavy atom. The normalized spacial score (nSPS) is 11.8. The molecule has 0 radical (unpaired) electrons. The van der Waals surface area contributed by atoms with Gasteiger partial charge in [0.25, 0.3) is 0 Å². The van der Waals surface area contributed by atoms with E-state index in [2.05, 4.69) is 20.6 Å². The summed E-state index contributed by atoms with van der Waals surface area (Å²) in [6, 6.07) is 1.91. The second-order valence-electron chi connectivity index (χ2n) is 4.80. The minimum Gasteiger partial charge on any atom is -0.389 e. The molecular formula is C11H17N5O. The van der Waals surface area contributed by atoms with E-state index in [0.29, 0.717) is 6.54 Å². The van der Waals surface area contributed by atoms with Gasteiger partial charge in [0.15, 0.2) is 5.82 Å². The fourth-order valence-electron chi connectivity index (χ4n) is 1.54. The Balaban J connectivity index is 2.03. The average molecular weight is 235 g/mol. The van der Waals surface area contributed by atoms with Crippen molar-refractivity contribution in [2.45, 2.75) is 32.9 Å². The van der Waals surface area contributed by atoms with E-state index in [1.807, 2.05) is 19.2 Å². The fraction of sp³-hybridized carbons (Fsp3) is 0.455. The summed E-state index contributed by atoms with van der Waals surface area (Å²) in [6.45, 7) is 5.89. The first-order chi connectivity index (χ1) is 7.92. The van der Waals surface area contributed by atoms with Crippen molar-refractivity contribution in [3.63, 3.8) is 0 Å². The molecule has 2 rings (SSSR count). The fourth-order valence-corrected chi connectivity index (χ4v) is 1.54. The van der Waals surface area contributed by atoms with Crippen molar-refractivity contribution in [2.24, 2.45) is 0 Å². The number of aromatic amines is 1. The van der Waals surface area contributed by atoms with Gasteiger partial charge in [-0.05, 0) is 20.8 Å². The number of hydrogen-bond donors (Lipinski definition) is 3. The van der Waals surface area contributed by atoms with Crippen molar-refractivity contribution in [2.75, 3.05) is 5.32 Å². The van der Waals surface area contributed by atoms with Gasteiger partial charge in [-0.15, -0.1) is 0 Å². The van der Waals surface area contributed by atoms with Gasteiger partial charge < -0.3 is 10.4 Å². The molecule has 2 heterocycles. The molecule has 0 aliphatic carbocycles. The van der Waals surface area contributed by atoms with Crippen LogP contribution in [0.4, 0.5) is 11.5 Å². The van der Waals surface area contributed by atoms with Crippen LogP contribution >= 0.6 is 0 Å². The van der Waals surface area contributed by atoms with E-state index >= 15 is 0 Å². The molecule has 0 atom stereocenters. The largest absolute Gasteiger partial charge is 0.389 e. The highest BCUT2D eigenvalue weighted by molar-refractivity contribution is 5.53. The summed E-state index contributed by atoms with van der Waals surface area (Å²) in [7, 11) is 0. The molecule has 6 heteroatoms. The number of nitrogens with one attached hydrogen (secondary N) is 2. The van der Waals surface area contributed by atoms with Gasteiger partial charge in [0.2, 0.25) is 0 Å². The third-order valence-corrected chi connectivity index (χ3v) is 2.16. The van der Waals surface area contributed by atoms with Crippen molar-refractivity contribution in [3.8, 4) is 0 Å². The highest BCUT2D eigenvalue weighted by atomic mass is 16.3. The molecule has 92 valence electrons. The molecule has 0 aliphatic heterocycles. The van der Waals surface area contributed by atoms with Crippen molar-refractivity contribution >= 4 is 11.5 Å². The lowest BCUT2D eigenvalue weighted by Crippen LogP contribution is -2.26. The average Bonchev–Trinajstić information content (AvgIpc) is 2.74. The zero-order valence-electron chi connectivity index (χ0n) is 10.2. The molecule has 17 heavy (non-hydrogen) atoms. The minimum atomic E-state index is -0.772. The Kier molecular flexibility index (Phi) is 2.89. The lowest BCUT2D eigenvalue weighted by molar-refractivity contribution is 0.0578. The molecular weight excluding hydrogens is 218 g/mol. The van der Waals surface area contributed by atoms with Crippen molar-refractivity contribution in [3.05, 3.63) is 24.2 Å². The molecule has 0 bridgehead atoms. The van der Waals surface area contributed by atoms with Crippen LogP contribution < -0.4 is 5.32 Å². The Hall–Kier alpha value is -1.82. The van der Waals surface area contributed by atoms with Crippen molar-refractivity contribution < 1.29 is 5.11 Å². The standard InChI is InChI=1S/C11H17N5O/c1-8-4-10(15-14-8)13-9-5-12-16(6-9)7-11(2,3)17/h4-6,17H,7H2,1-3H3,(H2,13,14,15). The third-order valence-electron chi connectivity index (χ3n) is 2.16. The molecule has 0 saturated heterocycles. The number of anilines is 2. The molecule has 0 fully saturated rings. The summed E-state index contributed by atoms with van der Waals surface area (Å²) < 4.78 is 1.70. The monoisotopic (exact) mass is 235 g/mol. The highest BCUT2D eigenvalue weighted by Gasteiger charge is 2.14. The van der Waals surface area contributed by atoms with Gasteiger partial charge in [-0.25, -0.2) is 0 Å². The molecule has 2 aromatic rings. The van der Waals surface area contributed by atoms with Crippen LogP contribution in [0.5, 0.6) is 0 Å². The van der Waals surface area contributed by atoms with Crippen molar-refractivity contribution in [1.29, 1.82) is 0 Å². The molecule has 3 N–H and O–H groups in total. The van der Waals surface area contributed by atoms with E-state index in [1.54, 1.807) is 24.7 Å². The SMILES string of the molecule is Cc1cc(Nc2cnn(CC(C)(C)O)c2)n[nH]1. The first-order valence-corrected chi connectivity index (χ1v) is 5.46. The Morgan fingerprint density at radius 1 is 1.53 bits per heavy atom. The van der Waals surface area contributed by atoms with E-state index in [-0.39, 0.29) is 0 Å². The van der Waals surface area contributed by atoms with Crippen LogP contribution in [0.15, 0.2) is 18.5 Å². The highest BCUT2D eigenvalue weighted by Crippen LogP contribution is 2.15. The summed E-state index contributed by atoms with van der Waals surface area (Å²) in [5.41, 5.74) is 1.07. The number of aromatic nitrogens is 4. The third kappa shape index (κ3) is 3.32. The number of aryl methyl sites for hydroxylation is 1. The molecule has 2 aromatic heterocycles. The molecule has 0 amide bonds. The van der Waals surface area contributed by atoms with Crippen LogP contribution in [0.3, 0.4) is 0 Å². The van der Waals surface area contributed by atoms with Gasteiger partial charge in [-0.3, -0.25) is 9.78 Å². The molecule has 6 nitrogen and oxygen atoms in total. The summed E-state index contributed by atoms with van der Waals surface area (Å²) in [5.74, 6) is 0.755. The molecule has 0 unspecified atom stereocenters. The predicted molar refractivity (Wildman–Crippen MR) is 65.1 cm³/mol. The lowest BCUT2D eigenvalue weighted by atomic mass is 10.1. The van der Waals surface area contributed by atoms with Gasteiger partial charge in [-0.2, -0.15) is 10.2 Å².